The van der Waals surface area contributed by atoms with Gasteiger partial charge in [-0.05, 0) is 0 Å². The van der Waals surface area contributed by atoms with Gasteiger partial charge < -0.3 is 18.9 Å². The third-order valence-corrected chi connectivity index (χ3v) is 2.34. The summed E-state index contributed by atoms with van der Waals surface area (Å²) in [5.41, 5.74) is 0. The van der Waals surface area contributed by atoms with E-state index in [-0.39, 0.29) is 12.8 Å². The number of hydrogen-bond donors (Lipinski definition) is 0. The fourth-order valence-corrected chi connectivity index (χ4v) is 1.72. The molecule has 7 heteroatoms. The second-order valence-corrected chi connectivity index (χ2v) is 3.89. The van der Waals surface area contributed by atoms with Crippen molar-refractivity contribution in [3.63, 3.8) is 0 Å². The third kappa shape index (κ3) is 4.33. The Kier molecular flexibility index (Phi) is 5.08. The highest BCUT2D eigenvalue weighted by Gasteiger charge is 2.37. The van der Waals surface area contributed by atoms with Gasteiger partial charge in [0.25, 0.3) is 0 Å². The minimum atomic E-state index is -0.912. The summed E-state index contributed by atoms with van der Waals surface area (Å²) in [5, 5.41) is 0. The van der Waals surface area contributed by atoms with Crippen LogP contribution in [0.25, 0.3) is 0 Å². The van der Waals surface area contributed by atoms with Gasteiger partial charge in [-0.3, -0.25) is 9.59 Å². The molecule has 1 saturated heterocycles. The fourth-order valence-electron chi connectivity index (χ4n) is 1.72. The zero-order valence-corrected chi connectivity index (χ0v) is 10.5. The second-order valence-electron chi connectivity index (χ2n) is 3.89. The Bertz CT molecular complexity index is 314. The summed E-state index contributed by atoms with van der Waals surface area (Å²) in [6.45, 7) is 2.50. The molecule has 18 heavy (non-hydrogen) atoms. The van der Waals surface area contributed by atoms with E-state index in [1.165, 1.54) is 21.0 Å². The van der Waals surface area contributed by atoms with Gasteiger partial charge in [0.15, 0.2) is 6.10 Å². The average molecular weight is 260 g/mol. The first-order chi connectivity index (χ1) is 8.42. The molecule has 3 unspecified atom stereocenters. The van der Waals surface area contributed by atoms with Gasteiger partial charge in [-0.25, -0.2) is 4.79 Å². The monoisotopic (exact) mass is 260 g/mol. The van der Waals surface area contributed by atoms with Gasteiger partial charge in [0.2, 0.25) is 6.29 Å². The molecular weight excluding hydrogens is 244 g/mol. The molecule has 0 aromatic carbocycles. The fraction of sp³-hybridized carbons (Fsp3) is 0.727. The average Bonchev–Trinajstić information content (AvgIpc) is 2.25. The number of methoxy groups -OCH3 is 1. The summed E-state index contributed by atoms with van der Waals surface area (Å²) in [4.78, 5) is 33.2. The maximum Gasteiger partial charge on any atom is 0.335 e. The lowest BCUT2D eigenvalue weighted by Gasteiger charge is -2.32. The van der Waals surface area contributed by atoms with Crippen LogP contribution in [0.15, 0.2) is 0 Å². The molecule has 1 rings (SSSR count). The van der Waals surface area contributed by atoms with Gasteiger partial charge in [-0.2, -0.15) is 0 Å². The first kappa shape index (κ1) is 14.4. The van der Waals surface area contributed by atoms with Gasteiger partial charge in [0, 0.05) is 26.7 Å². The number of carbonyl (C=O) groups excluding carboxylic acids is 3. The van der Waals surface area contributed by atoms with E-state index >= 15 is 0 Å². The predicted molar refractivity (Wildman–Crippen MR) is 57.2 cm³/mol. The van der Waals surface area contributed by atoms with Crippen molar-refractivity contribution in [1.29, 1.82) is 0 Å². The van der Waals surface area contributed by atoms with E-state index in [9.17, 15) is 14.4 Å². The van der Waals surface area contributed by atoms with E-state index in [0.717, 1.165) is 0 Å². The Morgan fingerprint density at radius 2 is 1.67 bits per heavy atom. The zero-order chi connectivity index (χ0) is 13.7. The smallest absolute Gasteiger partial charge is 0.335 e. The lowest BCUT2D eigenvalue weighted by molar-refractivity contribution is -0.225. The summed E-state index contributed by atoms with van der Waals surface area (Å²) in [5.74, 6) is -1.59. The molecule has 102 valence electrons. The summed E-state index contributed by atoms with van der Waals surface area (Å²) in [6.07, 6.45) is -1.97. The van der Waals surface area contributed by atoms with Crippen molar-refractivity contribution >= 4 is 17.9 Å². The van der Waals surface area contributed by atoms with Crippen molar-refractivity contribution in [3.05, 3.63) is 0 Å². The van der Waals surface area contributed by atoms with E-state index in [1.807, 2.05) is 0 Å². The molecule has 1 heterocycles. The van der Waals surface area contributed by atoms with Crippen LogP contribution in [0.2, 0.25) is 0 Å². The number of rotatable bonds is 3. The molecule has 1 aliphatic rings. The van der Waals surface area contributed by atoms with Crippen LogP contribution in [-0.4, -0.2) is 43.5 Å². The largest absolute Gasteiger partial charge is 0.467 e. The summed E-state index contributed by atoms with van der Waals surface area (Å²) >= 11 is 0. The predicted octanol–water partition coefficient (Wildman–Crippen LogP) is 0.159. The van der Waals surface area contributed by atoms with E-state index in [2.05, 4.69) is 4.74 Å². The van der Waals surface area contributed by atoms with Crippen LogP contribution in [0, 0.1) is 0 Å². The van der Waals surface area contributed by atoms with E-state index in [0.29, 0.717) is 0 Å². The first-order valence-electron chi connectivity index (χ1n) is 5.50. The Hall–Kier alpha value is -1.63. The normalized spacial score (nSPS) is 27.2. The topological polar surface area (TPSA) is 88.1 Å². The summed E-state index contributed by atoms with van der Waals surface area (Å²) in [6, 6.07) is 0. The maximum absolute atomic E-state index is 11.4. The molecule has 0 aromatic rings. The van der Waals surface area contributed by atoms with Crippen LogP contribution in [0.5, 0.6) is 0 Å². The van der Waals surface area contributed by atoms with Crippen molar-refractivity contribution in [2.24, 2.45) is 0 Å². The van der Waals surface area contributed by atoms with Crippen LogP contribution in [0.4, 0.5) is 0 Å². The van der Waals surface area contributed by atoms with E-state index < -0.39 is 36.4 Å². The molecule has 0 N–H and O–H groups in total. The number of esters is 3. The third-order valence-electron chi connectivity index (χ3n) is 2.34. The molecule has 0 bridgehead atoms. The van der Waals surface area contributed by atoms with Crippen LogP contribution < -0.4 is 0 Å². The number of hydrogen-bond acceptors (Lipinski definition) is 7. The number of ether oxygens (including phenoxy) is 4. The van der Waals surface area contributed by atoms with Gasteiger partial charge in [0.1, 0.15) is 6.10 Å². The van der Waals surface area contributed by atoms with Crippen LogP contribution in [0.3, 0.4) is 0 Å². The highest BCUT2D eigenvalue weighted by Crippen LogP contribution is 2.24. The van der Waals surface area contributed by atoms with Crippen LogP contribution in [0.1, 0.15) is 26.7 Å². The highest BCUT2D eigenvalue weighted by molar-refractivity contribution is 5.75. The highest BCUT2D eigenvalue weighted by atomic mass is 16.7. The molecule has 1 aliphatic heterocycles. The van der Waals surface area contributed by atoms with Crippen molar-refractivity contribution in [2.75, 3.05) is 7.11 Å². The Balaban J connectivity index is 2.68. The van der Waals surface area contributed by atoms with Gasteiger partial charge in [-0.15, -0.1) is 0 Å². The molecule has 0 amide bonds. The standard InChI is InChI=1S/C11H16O7/c1-6(12)16-8-4-9(11(14)15-3)18-10(5-8)17-7(2)13/h8-10H,4-5H2,1-3H3. The molecule has 3 atom stereocenters. The molecule has 0 saturated carbocycles. The lowest BCUT2D eigenvalue weighted by atomic mass is 10.0. The van der Waals surface area contributed by atoms with E-state index in [4.69, 9.17) is 14.2 Å². The Morgan fingerprint density at radius 1 is 1.06 bits per heavy atom. The zero-order valence-electron chi connectivity index (χ0n) is 10.5. The van der Waals surface area contributed by atoms with Gasteiger partial charge in [0.05, 0.1) is 7.11 Å². The van der Waals surface area contributed by atoms with Crippen molar-refractivity contribution in [3.8, 4) is 0 Å². The molecule has 7 nitrogen and oxygen atoms in total. The van der Waals surface area contributed by atoms with Crippen LogP contribution >= 0.6 is 0 Å². The minimum absolute atomic E-state index is 0.185. The Labute approximate surface area is 104 Å². The van der Waals surface area contributed by atoms with Crippen molar-refractivity contribution in [2.45, 2.75) is 45.2 Å². The molecule has 1 fully saturated rings. The second kappa shape index (κ2) is 6.34. The Morgan fingerprint density at radius 3 is 2.17 bits per heavy atom. The molecule has 0 radical (unpaired) electrons. The molecule has 0 aliphatic carbocycles. The minimum Gasteiger partial charge on any atom is -0.467 e. The van der Waals surface area contributed by atoms with Gasteiger partial charge in [-0.1, -0.05) is 0 Å². The number of carbonyl (C=O) groups is 3. The maximum atomic E-state index is 11.4. The van der Waals surface area contributed by atoms with Crippen LogP contribution in [-0.2, 0) is 33.3 Å². The van der Waals surface area contributed by atoms with Crippen molar-refractivity contribution in [1.82, 2.24) is 0 Å². The molecular formula is C11H16O7. The van der Waals surface area contributed by atoms with E-state index in [1.54, 1.807) is 0 Å². The first-order valence-corrected chi connectivity index (χ1v) is 5.50. The molecule has 0 aromatic heterocycles. The SMILES string of the molecule is COC(=O)C1CC(OC(C)=O)CC(OC(C)=O)O1. The van der Waals surface area contributed by atoms with Gasteiger partial charge >= 0.3 is 17.9 Å². The quantitative estimate of drug-likeness (QED) is 0.527. The van der Waals surface area contributed by atoms with Crippen molar-refractivity contribution < 1.29 is 33.3 Å². The molecule has 0 spiro atoms. The summed E-state index contributed by atoms with van der Waals surface area (Å²) in [7, 11) is 1.22. The summed E-state index contributed by atoms with van der Waals surface area (Å²) < 4.78 is 19.7. The lowest BCUT2D eigenvalue weighted by Crippen LogP contribution is -2.43.